The third kappa shape index (κ3) is 5.58. The molecule has 1 aromatic heterocycles. The number of carbonyl (C=O) groups is 2. The maximum absolute atomic E-state index is 12.3. The molecule has 0 spiro atoms. The van der Waals surface area contributed by atoms with Crippen LogP contribution in [-0.2, 0) is 9.59 Å². The highest BCUT2D eigenvalue weighted by Gasteiger charge is 2.18. The van der Waals surface area contributed by atoms with Crippen LogP contribution >= 0.6 is 12.4 Å². The van der Waals surface area contributed by atoms with Gasteiger partial charge in [0.2, 0.25) is 11.8 Å². The van der Waals surface area contributed by atoms with E-state index in [1.54, 1.807) is 68.2 Å². The first-order chi connectivity index (χ1) is 11.4. The van der Waals surface area contributed by atoms with E-state index in [9.17, 15) is 9.59 Å². The zero-order valence-corrected chi connectivity index (χ0v) is 15.3. The highest BCUT2D eigenvalue weighted by atomic mass is 35.5. The van der Waals surface area contributed by atoms with Gasteiger partial charge in [-0.15, -0.1) is 12.4 Å². The molecule has 2 rings (SSSR count). The van der Waals surface area contributed by atoms with Gasteiger partial charge in [0, 0.05) is 29.8 Å². The van der Waals surface area contributed by atoms with Crippen molar-refractivity contribution in [2.75, 3.05) is 10.6 Å². The number of carbonyl (C=O) groups excluding carboxylic acids is 2. The lowest BCUT2D eigenvalue weighted by atomic mass is 10.0. The zero-order valence-electron chi connectivity index (χ0n) is 14.5. The summed E-state index contributed by atoms with van der Waals surface area (Å²) in [6.07, 6.45) is 3.36. The molecule has 25 heavy (non-hydrogen) atoms. The molecule has 0 saturated carbocycles. The molecule has 0 aliphatic rings. The molecule has 2 aromatic rings. The molecule has 7 nitrogen and oxygen atoms in total. The molecule has 0 radical (unpaired) electrons. The maximum atomic E-state index is 12.3. The number of anilines is 2. The minimum Gasteiger partial charge on any atom is -0.327 e. The van der Waals surface area contributed by atoms with Crippen molar-refractivity contribution in [1.82, 2.24) is 9.78 Å². The summed E-state index contributed by atoms with van der Waals surface area (Å²) in [6.45, 7) is 5.33. The Kier molecular flexibility index (Phi) is 7.60. The number of nitrogens with two attached hydrogens (primary N) is 1. The van der Waals surface area contributed by atoms with Crippen LogP contribution in [0.4, 0.5) is 11.4 Å². The summed E-state index contributed by atoms with van der Waals surface area (Å²) in [5.41, 5.74) is 6.95. The summed E-state index contributed by atoms with van der Waals surface area (Å²) >= 11 is 0. The van der Waals surface area contributed by atoms with Crippen molar-refractivity contribution in [2.45, 2.75) is 32.9 Å². The Morgan fingerprint density at radius 3 is 2.20 bits per heavy atom. The average Bonchev–Trinajstić information content (AvgIpc) is 3.07. The summed E-state index contributed by atoms with van der Waals surface area (Å²) in [5.74, 6) is -0.646. The maximum Gasteiger partial charge on any atom is 0.248 e. The first kappa shape index (κ1) is 20.7. The third-order valence-corrected chi connectivity index (χ3v) is 3.90. The van der Waals surface area contributed by atoms with E-state index < -0.39 is 6.04 Å². The SMILES string of the molecule is CC(N)C(C)C(=O)Nc1cccc(NC(=O)C(C)n2cccn2)c1.Cl. The summed E-state index contributed by atoms with van der Waals surface area (Å²) in [5, 5.41) is 9.68. The number of amides is 2. The molecule has 1 aromatic carbocycles. The van der Waals surface area contributed by atoms with Gasteiger partial charge in [0.15, 0.2) is 0 Å². The average molecular weight is 366 g/mol. The van der Waals surface area contributed by atoms with Crippen LogP contribution < -0.4 is 16.4 Å². The van der Waals surface area contributed by atoms with Crippen molar-refractivity contribution in [3.63, 3.8) is 0 Å². The largest absolute Gasteiger partial charge is 0.327 e. The van der Waals surface area contributed by atoms with Crippen LogP contribution in [0.2, 0.25) is 0 Å². The van der Waals surface area contributed by atoms with Gasteiger partial charge >= 0.3 is 0 Å². The van der Waals surface area contributed by atoms with E-state index in [1.807, 2.05) is 0 Å². The number of rotatable bonds is 6. The van der Waals surface area contributed by atoms with Gasteiger partial charge < -0.3 is 16.4 Å². The summed E-state index contributed by atoms with van der Waals surface area (Å²) in [6, 6.07) is 8.09. The molecule has 0 bridgehead atoms. The lowest BCUT2D eigenvalue weighted by molar-refractivity contribution is -0.120. The van der Waals surface area contributed by atoms with Gasteiger partial charge in [-0.25, -0.2) is 0 Å². The van der Waals surface area contributed by atoms with Crippen molar-refractivity contribution in [1.29, 1.82) is 0 Å². The van der Waals surface area contributed by atoms with Gasteiger partial charge in [-0.1, -0.05) is 13.0 Å². The summed E-state index contributed by atoms with van der Waals surface area (Å²) < 4.78 is 1.57. The van der Waals surface area contributed by atoms with Crippen molar-refractivity contribution in [3.05, 3.63) is 42.7 Å². The van der Waals surface area contributed by atoms with Crippen molar-refractivity contribution in [2.24, 2.45) is 11.7 Å². The molecule has 0 aliphatic heterocycles. The van der Waals surface area contributed by atoms with E-state index in [1.165, 1.54) is 0 Å². The Bertz CT molecular complexity index is 703. The molecule has 3 atom stereocenters. The smallest absolute Gasteiger partial charge is 0.248 e. The number of hydrogen-bond donors (Lipinski definition) is 3. The normalized spacial score (nSPS) is 13.9. The van der Waals surface area contributed by atoms with Gasteiger partial charge in [-0.3, -0.25) is 14.3 Å². The fourth-order valence-electron chi connectivity index (χ4n) is 2.05. The molecule has 3 unspecified atom stereocenters. The van der Waals surface area contributed by atoms with Crippen LogP contribution in [0.3, 0.4) is 0 Å². The van der Waals surface area contributed by atoms with Crippen LogP contribution in [0.1, 0.15) is 26.8 Å². The van der Waals surface area contributed by atoms with Gasteiger partial charge in [0.25, 0.3) is 0 Å². The molecule has 0 saturated heterocycles. The number of halogens is 1. The lowest BCUT2D eigenvalue weighted by Crippen LogP contribution is -2.34. The fraction of sp³-hybridized carbons (Fsp3) is 0.353. The van der Waals surface area contributed by atoms with Crippen molar-refractivity contribution in [3.8, 4) is 0 Å². The molecule has 2 amide bonds. The third-order valence-electron chi connectivity index (χ3n) is 3.90. The number of hydrogen-bond acceptors (Lipinski definition) is 4. The molecule has 8 heteroatoms. The highest BCUT2D eigenvalue weighted by Crippen LogP contribution is 2.18. The minimum absolute atomic E-state index is 0. The molecular weight excluding hydrogens is 342 g/mol. The Morgan fingerprint density at radius 1 is 1.08 bits per heavy atom. The van der Waals surface area contributed by atoms with E-state index in [4.69, 9.17) is 5.73 Å². The van der Waals surface area contributed by atoms with Gasteiger partial charge in [0.05, 0.1) is 5.92 Å². The topological polar surface area (TPSA) is 102 Å². The van der Waals surface area contributed by atoms with E-state index in [2.05, 4.69) is 15.7 Å². The van der Waals surface area contributed by atoms with Crippen molar-refractivity contribution < 1.29 is 9.59 Å². The number of nitrogens with zero attached hydrogens (tertiary/aromatic N) is 2. The standard InChI is InChI=1S/C17H23N5O2.ClH/c1-11(12(2)18)16(23)20-14-6-4-7-15(10-14)21-17(24)13(3)22-9-5-8-19-22;/h4-13H,18H2,1-3H3,(H,20,23)(H,21,24);1H. The zero-order chi connectivity index (χ0) is 17.7. The summed E-state index contributed by atoms with van der Waals surface area (Å²) in [4.78, 5) is 24.3. The van der Waals surface area contributed by atoms with E-state index in [0.717, 1.165) is 0 Å². The van der Waals surface area contributed by atoms with E-state index >= 15 is 0 Å². The predicted octanol–water partition coefficient (Wildman–Crippen LogP) is 2.43. The number of nitrogens with one attached hydrogen (secondary N) is 2. The Balaban J connectivity index is 0.00000312. The van der Waals surface area contributed by atoms with Crippen LogP contribution in [0.25, 0.3) is 0 Å². The monoisotopic (exact) mass is 365 g/mol. The number of benzene rings is 1. The van der Waals surface area contributed by atoms with Crippen LogP contribution in [0, 0.1) is 5.92 Å². The van der Waals surface area contributed by atoms with Crippen LogP contribution in [0.15, 0.2) is 42.7 Å². The minimum atomic E-state index is -0.434. The molecule has 4 N–H and O–H groups in total. The first-order valence-electron chi connectivity index (χ1n) is 7.85. The first-order valence-corrected chi connectivity index (χ1v) is 7.85. The Morgan fingerprint density at radius 2 is 1.68 bits per heavy atom. The quantitative estimate of drug-likeness (QED) is 0.731. The van der Waals surface area contributed by atoms with Crippen molar-refractivity contribution >= 4 is 35.6 Å². The lowest BCUT2D eigenvalue weighted by Gasteiger charge is -2.16. The fourth-order valence-corrected chi connectivity index (χ4v) is 2.05. The van der Waals surface area contributed by atoms with Gasteiger partial charge in [-0.05, 0) is 38.1 Å². The summed E-state index contributed by atoms with van der Waals surface area (Å²) in [7, 11) is 0. The number of aromatic nitrogens is 2. The van der Waals surface area contributed by atoms with Gasteiger partial charge in [-0.2, -0.15) is 5.10 Å². The van der Waals surface area contributed by atoms with Crippen LogP contribution in [0.5, 0.6) is 0 Å². The highest BCUT2D eigenvalue weighted by molar-refractivity contribution is 5.96. The molecular formula is C17H24ClN5O2. The molecule has 1 heterocycles. The van der Waals surface area contributed by atoms with Gasteiger partial charge in [0.1, 0.15) is 6.04 Å². The van der Waals surface area contributed by atoms with Crippen LogP contribution in [-0.4, -0.2) is 27.6 Å². The van der Waals surface area contributed by atoms with E-state index in [-0.39, 0.29) is 36.2 Å². The molecule has 0 fully saturated rings. The Labute approximate surface area is 153 Å². The predicted molar refractivity (Wildman–Crippen MR) is 101 cm³/mol. The second kappa shape index (κ2) is 9.19. The second-order valence-corrected chi connectivity index (χ2v) is 5.87. The molecule has 136 valence electrons. The Hall–Kier alpha value is -2.38. The van der Waals surface area contributed by atoms with E-state index in [0.29, 0.717) is 11.4 Å². The second-order valence-electron chi connectivity index (χ2n) is 5.87. The molecule has 0 aliphatic carbocycles.